The molecule has 1 saturated heterocycles. The fourth-order valence-electron chi connectivity index (χ4n) is 2.63. The lowest BCUT2D eigenvalue weighted by Crippen LogP contribution is -2.41. The summed E-state index contributed by atoms with van der Waals surface area (Å²) in [6.45, 7) is 1.14. The molecule has 1 aromatic rings. The van der Waals surface area contributed by atoms with E-state index in [-0.39, 0.29) is 11.6 Å². The number of halogens is 3. The van der Waals surface area contributed by atoms with Crippen molar-refractivity contribution >= 4 is 21.7 Å². The summed E-state index contributed by atoms with van der Waals surface area (Å²) in [5, 5.41) is 4.98. The minimum atomic E-state index is -4.47. The molecule has 0 radical (unpaired) electrons. The number of hydrogen-bond donors (Lipinski definition) is 2. The number of amides is 2. The maximum absolute atomic E-state index is 12.6. The highest BCUT2D eigenvalue weighted by Gasteiger charge is 2.30. The molecule has 2 amide bonds. The van der Waals surface area contributed by atoms with Gasteiger partial charge < -0.3 is 10.6 Å². The van der Waals surface area contributed by atoms with Crippen LogP contribution in [-0.2, 0) is 16.2 Å². The van der Waals surface area contributed by atoms with Crippen LogP contribution in [0.2, 0.25) is 0 Å². The number of nitrogens with zero attached hydrogens (tertiary/aromatic N) is 1. The topological polar surface area (TPSA) is 78.5 Å². The Kier molecular flexibility index (Phi) is 5.94. The van der Waals surface area contributed by atoms with Gasteiger partial charge in [-0.25, -0.2) is 17.5 Å². The van der Waals surface area contributed by atoms with Crippen molar-refractivity contribution in [3.8, 4) is 0 Å². The molecule has 2 N–H and O–H groups in total. The molecule has 25 heavy (non-hydrogen) atoms. The molecule has 1 fully saturated rings. The number of benzene rings is 1. The minimum absolute atomic E-state index is 0.0548. The number of carbonyl (C=O) groups excluding carboxylic acids is 1. The van der Waals surface area contributed by atoms with Crippen molar-refractivity contribution in [2.75, 3.05) is 31.2 Å². The molecule has 1 aliphatic rings. The molecular weight excluding hydrogens is 359 g/mol. The third kappa shape index (κ3) is 5.89. The van der Waals surface area contributed by atoms with E-state index in [9.17, 15) is 26.4 Å². The molecule has 1 aliphatic heterocycles. The molecule has 2 rings (SSSR count). The average molecular weight is 379 g/mol. The normalized spacial score (nSPS) is 17.3. The molecule has 0 atom stereocenters. The van der Waals surface area contributed by atoms with Crippen molar-refractivity contribution in [1.82, 2.24) is 9.62 Å². The van der Waals surface area contributed by atoms with Gasteiger partial charge in [-0.15, -0.1) is 0 Å². The van der Waals surface area contributed by atoms with E-state index >= 15 is 0 Å². The van der Waals surface area contributed by atoms with E-state index in [4.69, 9.17) is 0 Å². The van der Waals surface area contributed by atoms with E-state index in [0.717, 1.165) is 18.4 Å². The largest absolute Gasteiger partial charge is 0.416 e. The van der Waals surface area contributed by atoms with E-state index in [0.29, 0.717) is 32.5 Å². The lowest BCUT2D eigenvalue weighted by atomic mass is 9.98. The Morgan fingerprint density at radius 2 is 1.92 bits per heavy atom. The molecule has 1 heterocycles. The van der Waals surface area contributed by atoms with Crippen LogP contribution in [0.5, 0.6) is 0 Å². The van der Waals surface area contributed by atoms with E-state index in [1.807, 2.05) is 0 Å². The third-order valence-corrected chi connectivity index (χ3v) is 5.34. The van der Waals surface area contributed by atoms with E-state index < -0.39 is 27.8 Å². The van der Waals surface area contributed by atoms with Crippen LogP contribution < -0.4 is 10.6 Å². The highest BCUT2D eigenvalue weighted by Crippen LogP contribution is 2.30. The van der Waals surface area contributed by atoms with Gasteiger partial charge in [0.2, 0.25) is 10.0 Å². The molecule has 0 saturated carbocycles. The lowest BCUT2D eigenvalue weighted by molar-refractivity contribution is -0.137. The summed E-state index contributed by atoms with van der Waals surface area (Å²) in [5.41, 5.74) is -0.780. The van der Waals surface area contributed by atoms with Gasteiger partial charge in [0.15, 0.2) is 0 Å². The van der Waals surface area contributed by atoms with Crippen LogP contribution >= 0.6 is 0 Å². The van der Waals surface area contributed by atoms with Crippen LogP contribution in [0.15, 0.2) is 24.3 Å². The second-order valence-corrected chi connectivity index (χ2v) is 8.00. The number of anilines is 1. The van der Waals surface area contributed by atoms with Crippen molar-refractivity contribution < 1.29 is 26.4 Å². The first-order chi connectivity index (χ1) is 11.6. The first-order valence-corrected chi connectivity index (χ1v) is 9.58. The Morgan fingerprint density at radius 1 is 1.28 bits per heavy atom. The molecule has 140 valence electrons. The predicted molar refractivity (Wildman–Crippen MR) is 87.6 cm³/mol. The highest BCUT2D eigenvalue weighted by atomic mass is 32.2. The highest BCUT2D eigenvalue weighted by molar-refractivity contribution is 7.88. The Hall–Kier alpha value is -1.81. The summed E-state index contributed by atoms with van der Waals surface area (Å²) < 4.78 is 62.2. The predicted octanol–water partition coefficient (Wildman–Crippen LogP) is 2.50. The molecule has 6 nitrogen and oxygen atoms in total. The van der Waals surface area contributed by atoms with Crippen molar-refractivity contribution in [3.63, 3.8) is 0 Å². The Morgan fingerprint density at radius 3 is 2.48 bits per heavy atom. The number of hydrogen-bond acceptors (Lipinski definition) is 3. The molecule has 0 spiro atoms. The summed E-state index contributed by atoms with van der Waals surface area (Å²) in [7, 11) is -3.20. The first kappa shape index (κ1) is 19.5. The van der Waals surface area contributed by atoms with Crippen LogP contribution in [-0.4, -0.2) is 44.6 Å². The number of carbonyl (C=O) groups is 1. The van der Waals surface area contributed by atoms with Crippen molar-refractivity contribution in [2.45, 2.75) is 19.0 Å². The SMILES string of the molecule is CS(=O)(=O)N1CCC(CNC(=O)Nc2cccc(C(F)(F)F)c2)CC1. The van der Waals surface area contributed by atoms with Gasteiger partial charge in [-0.3, -0.25) is 0 Å². The van der Waals surface area contributed by atoms with Gasteiger partial charge >= 0.3 is 12.2 Å². The lowest BCUT2D eigenvalue weighted by Gasteiger charge is -2.30. The van der Waals surface area contributed by atoms with E-state index in [2.05, 4.69) is 10.6 Å². The van der Waals surface area contributed by atoms with Crippen molar-refractivity contribution in [3.05, 3.63) is 29.8 Å². The monoisotopic (exact) mass is 379 g/mol. The van der Waals surface area contributed by atoms with Gasteiger partial charge in [-0.05, 0) is 37.0 Å². The average Bonchev–Trinajstić information content (AvgIpc) is 2.52. The molecule has 0 aliphatic carbocycles. The van der Waals surface area contributed by atoms with Gasteiger partial charge in [0, 0.05) is 25.3 Å². The van der Waals surface area contributed by atoms with Gasteiger partial charge in [-0.2, -0.15) is 13.2 Å². The fraction of sp³-hybridized carbons (Fsp3) is 0.533. The fourth-order valence-corrected chi connectivity index (χ4v) is 3.50. The van der Waals surface area contributed by atoms with Crippen LogP contribution in [0.1, 0.15) is 18.4 Å². The number of piperidine rings is 1. The van der Waals surface area contributed by atoms with Crippen LogP contribution in [0.4, 0.5) is 23.7 Å². The number of rotatable bonds is 4. The summed E-state index contributed by atoms with van der Waals surface area (Å²) in [6, 6.07) is 3.80. The van der Waals surface area contributed by atoms with Gasteiger partial charge in [0.05, 0.1) is 11.8 Å². The Bertz CT molecular complexity index is 714. The molecule has 0 unspecified atom stereocenters. The third-order valence-electron chi connectivity index (χ3n) is 4.04. The molecule has 0 aromatic heterocycles. The summed E-state index contributed by atoms with van der Waals surface area (Å²) in [5.74, 6) is 0.130. The van der Waals surface area contributed by atoms with Gasteiger partial charge in [0.1, 0.15) is 0 Å². The van der Waals surface area contributed by atoms with Crippen molar-refractivity contribution in [2.24, 2.45) is 5.92 Å². The van der Waals surface area contributed by atoms with Crippen LogP contribution in [0.25, 0.3) is 0 Å². The zero-order valence-electron chi connectivity index (χ0n) is 13.6. The number of sulfonamides is 1. The van der Waals surface area contributed by atoms with Gasteiger partial charge in [-0.1, -0.05) is 6.07 Å². The Labute approximate surface area is 144 Å². The first-order valence-electron chi connectivity index (χ1n) is 7.73. The summed E-state index contributed by atoms with van der Waals surface area (Å²) >= 11 is 0. The van der Waals surface area contributed by atoms with E-state index in [1.54, 1.807) is 0 Å². The van der Waals surface area contributed by atoms with Crippen LogP contribution in [0.3, 0.4) is 0 Å². The van der Waals surface area contributed by atoms with Crippen molar-refractivity contribution in [1.29, 1.82) is 0 Å². The molecule has 0 bridgehead atoms. The second kappa shape index (κ2) is 7.61. The zero-order valence-corrected chi connectivity index (χ0v) is 14.5. The molecule has 10 heteroatoms. The van der Waals surface area contributed by atoms with Crippen LogP contribution in [0, 0.1) is 5.92 Å². The standard InChI is InChI=1S/C15H20F3N3O3S/c1-25(23,24)21-7-5-11(6-8-21)10-19-14(22)20-13-4-2-3-12(9-13)15(16,17)18/h2-4,9,11H,5-8,10H2,1H3,(H2,19,20,22). The number of nitrogens with one attached hydrogen (secondary N) is 2. The maximum Gasteiger partial charge on any atom is 0.416 e. The quantitative estimate of drug-likeness (QED) is 0.844. The smallest absolute Gasteiger partial charge is 0.338 e. The van der Waals surface area contributed by atoms with E-state index in [1.165, 1.54) is 16.4 Å². The zero-order chi connectivity index (χ0) is 18.7. The number of alkyl halides is 3. The molecule has 1 aromatic carbocycles. The minimum Gasteiger partial charge on any atom is -0.338 e. The summed E-state index contributed by atoms with van der Waals surface area (Å²) in [4.78, 5) is 11.8. The van der Waals surface area contributed by atoms with Gasteiger partial charge in [0.25, 0.3) is 0 Å². The molecular formula is C15H20F3N3O3S. The maximum atomic E-state index is 12.6. The number of urea groups is 1. The summed E-state index contributed by atoms with van der Waals surface area (Å²) in [6.07, 6.45) is -2.07. The second-order valence-electron chi connectivity index (χ2n) is 6.02. The Balaban J connectivity index is 1.80.